The molecule has 25 heavy (non-hydrogen) atoms. The third kappa shape index (κ3) is 3.72. The lowest BCUT2D eigenvalue weighted by atomic mass is 10.1. The van der Waals surface area contributed by atoms with Crippen molar-refractivity contribution in [1.29, 1.82) is 0 Å². The van der Waals surface area contributed by atoms with Gasteiger partial charge in [-0.05, 0) is 48.0 Å². The summed E-state index contributed by atoms with van der Waals surface area (Å²) in [5.41, 5.74) is 3.49. The molecule has 0 radical (unpaired) electrons. The van der Waals surface area contributed by atoms with Crippen molar-refractivity contribution >= 4 is 5.69 Å². The molecule has 0 saturated carbocycles. The maximum atomic E-state index is 13.0. The van der Waals surface area contributed by atoms with Crippen molar-refractivity contribution < 1.29 is 4.39 Å². The van der Waals surface area contributed by atoms with Gasteiger partial charge in [0.05, 0.1) is 5.69 Å². The molecule has 0 unspecified atom stereocenters. The minimum absolute atomic E-state index is 0.180. The fourth-order valence-electron chi connectivity index (χ4n) is 3.25. The highest BCUT2D eigenvalue weighted by atomic mass is 19.1. The Morgan fingerprint density at radius 1 is 0.840 bits per heavy atom. The van der Waals surface area contributed by atoms with E-state index in [1.807, 2.05) is 29.1 Å². The lowest BCUT2D eigenvalue weighted by molar-refractivity contribution is 0.250. The Labute approximate surface area is 147 Å². The number of anilines is 1. The number of benzene rings is 2. The quantitative estimate of drug-likeness (QED) is 0.730. The highest BCUT2D eigenvalue weighted by molar-refractivity contribution is 5.46. The summed E-state index contributed by atoms with van der Waals surface area (Å²) in [7, 11) is 0. The van der Waals surface area contributed by atoms with Gasteiger partial charge in [-0.3, -0.25) is 4.90 Å². The molecule has 0 N–H and O–H groups in total. The van der Waals surface area contributed by atoms with E-state index in [2.05, 4.69) is 39.2 Å². The molecule has 1 aromatic heterocycles. The van der Waals surface area contributed by atoms with Crippen molar-refractivity contribution in [2.45, 2.75) is 6.54 Å². The topological polar surface area (TPSA) is 24.3 Å². The molecule has 1 saturated heterocycles. The molecule has 0 atom stereocenters. The van der Waals surface area contributed by atoms with Crippen LogP contribution in [0.3, 0.4) is 0 Å². The Kier molecular flexibility index (Phi) is 4.48. The molecule has 4 rings (SSSR count). The average molecular weight is 336 g/mol. The molecule has 128 valence electrons. The number of nitrogens with zero attached hydrogens (tertiary/aromatic N) is 4. The molecule has 0 bridgehead atoms. The summed E-state index contributed by atoms with van der Waals surface area (Å²) >= 11 is 0. The predicted octanol–water partition coefficient (Wildman–Crippen LogP) is 3.33. The van der Waals surface area contributed by atoms with Crippen LogP contribution in [0, 0.1) is 5.82 Å². The van der Waals surface area contributed by atoms with Crippen LogP contribution in [0.1, 0.15) is 5.56 Å². The van der Waals surface area contributed by atoms with Crippen LogP contribution in [0.5, 0.6) is 0 Å². The van der Waals surface area contributed by atoms with Gasteiger partial charge in [-0.15, -0.1) is 0 Å². The third-order valence-corrected chi connectivity index (χ3v) is 4.68. The molecule has 2 heterocycles. The zero-order valence-corrected chi connectivity index (χ0v) is 14.1. The SMILES string of the molecule is Fc1ccc(N2CCN(Cc3ccc(-n4cccn4)cc3)CC2)cc1. The zero-order valence-electron chi connectivity index (χ0n) is 14.1. The van der Waals surface area contributed by atoms with Crippen molar-refractivity contribution in [2.24, 2.45) is 0 Å². The fraction of sp³-hybridized carbons (Fsp3) is 0.250. The van der Waals surface area contributed by atoms with Crippen molar-refractivity contribution in [3.05, 3.63) is 78.4 Å². The van der Waals surface area contributed by atoms with Crippen molar-refractivity contribution in [3.8, 4) is 5.69 Å². The average Bonchev–Trinajstić information content (AvgIpc) is 3.19. The minimum atomic E-state index is -0.180. The maximum absolute atomic E-state index is 13.0. The van der Waals surface area contributed by atoms with Crippen LogP contribution < -0.4 is 4.90 Å². The second kappa shape index (κ2) is 7.07. The predicted molar refractivity (Wildman–Crippen MR) is 97.5 cm³/mol. The molecule has 0 spiro atoms. The fourth-order valence-corrected chi connectivity index (χ4v) is 3.25. The second-order valence-electron chi connectivity index (χ2n) is 6.36. The van der Waals surface area contributed by atoms with E-state index < -0.39 is 0 Å². The Balaban J connectivity index is 1.33. The highest BCUT2D eigenvalue weighted by Gasteiger charge is 2.17. The van der Waals surface area contributed by atoms with Gasteiger partial charge < -0.3 is 4.90 Å². The largest absolute Gasteiger partial charge is 0.369 e. The van der Waals surface area contributed by atoms with Crippen LogP contribution in [0.4, 0.5) is 10.1 Å². The van der Waals surface area contributed by atoms with E-state index in [1.165, 1.54) is 17.7 Å². The van der Waals surface area contributed by atoms with E-state index in [9.17, 15) is 4.39 Å². The van der Waals surface area contributed by atoms with Gasteiger partial charge in [-0.25, -0.2) is 9.07 Å². The number of halogens is 1. The number of hydrogen-bond donors (Lipinski definition) is 0. The van der Waals surface area contributed by atoms with Crippen molar-refractivity contribution in [2.75, 3.05) is 31.1 Å². The molecule has 1 aliphatic rings. The van der Waals surface area contributed by atoms with Gasteiger partial charge in [-0.1, -0.05) is 12.1 Å². The first-order valence-corrected chi connectivity index (χ1v) is 8.60. The van der Waals surface area contributed by atoms with Gasteiger partial charge in [-0.2, -0.15) is 5.10 Å². The van der Waals surface area contributed by atoms with E-state index >= 15 is 0 Å². The van der Waals surface area contributed by atoms with E-state index in [0.29, 0.717) is 0 Å². The van der Waals surface area contributed by atoms with E-state index in [-0.39, 0.29) is 5.82 Å². The van der Waals surface area contributed by atoms with E-state index in [1.54, 1.807) is 6.20 Å². The summed E-state index contributed by atoms with van der Waals surface area (Å²) in [5.74, 6) is -0.180. The smallest absolute Gasteiger partial charge is 0.123 e. The highest BCUT2D eigenvalue weighted by Crippen LogP contribution is 2.18. The lowest BCUT2D eigenvalue weighted by Gasteiger charge is -2.36. The summed E-state index contributed by atoms with van der Waals surface area (Å²) in [5, 5.41) is 4.25. The van der Waals surface area contributed by atoms with Crippen LogP contribution in [-0.2, 0) is 6.54 Å². The minimum Gasteiger partial charge on any atom is -0.369 e. The summed E-state index contributed by atoms with van der Waals surface area (Å²) in [6, 6.07) is 17.3. The maximum Gasteiger partial charge on any atom is 0.123 e. The summed E-state index contributed by atoms with van der Waals surface area (Å²) in [4.78, 5) is 4.78. The van der Waals surface area contributed by atoms with Gasteiger partial charge in [0.2, 0.25) is 0 Å². The molecule has 1 aliphatic heterocycles. The number of hydrogen-bond acceptors (Lipinski definition) is 3. The monoisotopic (exact) mass is 336 g/mol. The van der Waals surface area contributed by atoms with Gasteiger partial charge in [0.25, 0.3) is 0 Å². The molecular weight excluding hydrogens is 315 g/mol. The molecule has 0 aliphatic carbocycles. The van der Waals surface area contributed by atoms with Gasteiger partial charge >= 0.3 is 0 Å². The summed E-state index contributed by atoms with van der Waals surface area (Å²) < 4.78 is 14.9. The van der Waals surface area contributed by atoms with Crippen LogP contribution >= 0.6 is 0 Å². The first kappa shape index (κ1) is 15.8. The van der Waals surface area contributed by atoms with Gasteiger partial charge in [0.1, 0.15) is 5.82 Å². The first-order chi connectivity index (χ1) is 12.3. The van der Waals surface area contributed by atoms with Gasteiger partial charge in [0, 0.05) is 50.8 Å². The van der Waals surface area contributed by atoms with Crippen molar-refractivity contribution in [3.63, 3.8) is 0 Å². The molecule has 4 nitrogen and oxygen atoms in total. The number of rotatable bonds is 4. The third-order valence-electron chi connectivity index (χ3n) is 4.68. The number of piperazine rings is 1. The zero-order chi connectivity index (χ0) is 17.1. The molecule has 3 aromatic rings. The molecule has 5 heteroatoms. The Hall–Kier alpha value is -2.66. The van der Waals surface area contributed by atoms with Gasteiger partial charge in [0.15, 0.2) is 0 Å². The second-order valence-corrected chi connectivity index (χ2v) is 6.36. The summed E-state index contributed by atoms with van der Waals surface area (Å²) in [6.45, 7) is 4.92. The Morgan fingerprint density at radius 3 is 2.16 bits per heavy atom. The molecule has 0 amide bonds. The van der Waals surface area contributed by atoms with Crippen molar-refractivity contribution in [1.82, 2.24) is 14.7 Å². The number of aromatic nitrogens is 2. The standard InChI is InChI=1S/C20H21FN4/c21-18-4-8-19(9-5-18)24-14-12-23(13-15-24)16-17-2-6-20(7-3-17)25-11-1-10-22-25/h1-11H,12-16H2. The lowest BCUT2D eigenvalue weighted by Crippen LogP contribution is -2.45. The van der Waals surface area contributed by atoms with E-state index in [0.717, 1.165) is 44.1 Å². The summed E-state index contributed by atoms with van der Waals surface area (Å²) in [6.07, 6.45) is 3.73. The van der Waals surface area contributed by atoms with Crippen LogP contribution in [-0.4, -0.2) is 40.9 Å². The molecule has 2 aromatic carbocycles. The van der Waals surface area contributed by atoms with Crippen LogP contribution in [0.15, 0.2) is 67.0 Å². The Morgan fingerprint density at radius 2 is 1.52 bits per heavy atom. The molecular formula is C20H21FN4. The first-order valence-electron chi connectivity index (χ1n) is 8.60. The molecule has 1 fully saturated rings. The normalized spacial score (nSPS) is 15.5. The van der Waals surface area contributed by atoms with Crippen LogP contribution in [0.2, 0.25) is 0 Å². The van der Waals surface area contributed by atoms with E-state index in [4.69, 9.17) is 0 Å². The Bertz CT molecular complexity index is 789. The van der Waals surface area contributed by atoms with Crippen LogP contribution in [0.25, 0.3) is 5.69 Å².